The van der Waals surface area contributed by atoms with Crippen LogP contribution in [-0.2, 0) is 10.8 Å². The Hall–Kier alpha value is -5.60. The smallest absolute Gasteiger partial charge is 0.0562 e. The molecule has 280 valence electrons. The van der Waals surface area contributed by atoms with Crippen molar-refractivity contribution >= 4 is 49.6 Å². The van der Waals surface area contributed by atoms with E-state index in [0.717, 1.165) is 0 Å². The lowest BCUT2D eigenvalue weighted by atomic mass is 9.80. The minimum absolute atomic E-state index is 0.0406. The third-order valence-corrected chi connectivity index (χ3v) is 12.3. The van der Waals surface area contributed by atoms with Crippen molar-refractivity contribution in [3.63, 3.8) is 0 Å². The number of benzene rings is 7. The van der Waals surface area contributed by atoms with Gasteiger partial charge >= 0.3 is 0 Å². The lowest BCUT2D eigenvalue weighted by Gasteiger charge is -2.33. The first-order valence-corrected chi connectivity index (χ1v) is 20.7. The molecular weight excluding hydrogens is 677 g/mol. The van der Waals surface area contributed by atoms with Gasteiger partial charge in [-0.05, 0) is 111 Å². The largest absolute Gasteiger partial charge is 0.309 e. The molecule has 0 atom stereocenters. The number of hydrogen-bond donors (Lipinski definition) is 0. The first-order valence-electron chi connectivity index (χ1n) is 20.7. The van der Waals surface area contributed by atoms with Gasteiger partial charge in [0.1, 0.15) is 0 Å². The molecule has 0 bridgehead atoms. The summed E-state index contributed by atoms with van der Waals surface area (Å²) in [5.41, 5.74) is 13.8. The van der Waals surface area contributed by atoms with E-state index in [1.807, 2.05) is 0 Å². The van der Waals surface area contributed by atoms with Crippen molar-refractivity contribution in [2.24, 2.45) is 0 Å². The molecule has 0 N–H and O–H groups in total. The summed E-state index contributed by atoms with van der Waals surface area (Å²) in [7, 11) is 0. The SMILES string of the molecule is CC(C)(C)c1cc(N(c2ccccc2-c2cccc3cccc(C4CCCCC4)c23)c2cccc3c2c2ccccc2n3-c2ccccc2)cc(C(C)(C)C)c1. The first-order chi connectivity index (χ1) is 27.1. The van der Waals surface area contributed by atoms with Gasteiger partial charge in [-0.1, -0.05) is 164 Å². The van der Waals surface area contributed by atoms with Crippen LogP contribution in [0, 0.1) is 0 Å². The van der Waals surface area contributed by atoms with Gasteiger partial charge in [-0.2, -0.15) is 0 Å². The van der Waals surface area contributed by atoms with Gasteiger partial charge in [0.05, 0.1) is 22.4 Å². The number of nitrogens with zero attached hydrogens (tertiary/aromatic N) is 2. The van der Waals surface area contributed by atoms with Gasteiger partial charge in [-0.25, -0.2) is 0 Å². The van der Waals surface area contributed by atoms with Crippen LogP contribution in [0.4, 0.5) is 17.1 Å². The Labute approximate surface area is 333 Å². The Morgan fingerprint density at radius 1 is 0.500 bits per heavy atom. The van der Waals surface area contributed by atoms with E-state index in [9.17, 15) is 0 Å². The van der Waals surface area contributed by atoms with E-state index in [1.54, 1.807) is 0 Å². The summed E-state index contributed by atoms with van der Waals surface area (Å²) in [4.78, 5) is 2.59. The highest BCUT2D eigenvalue weighted by Gasteiger charge is 2.28. The highest BCUT2D eigenvalue weighted by Crippen LogP contribution is 2.49. The highest BCUT2D eigenvalue weighted by molar-refractivity contribution is 6.17. The third kappa shape index (κ3) is 6.40. The second-order valence-electron chi connectivity index (χ2n) is 18.1. The number of para-hydroxylation sites is 3. The van der Waals surface area contributed by atoms with Crippen LogP contribution in [0.15, 0.2) is 152 Å². The molecule has 9 rings (SSSR count). The molecule has 1 aliphatic carbocycles. The van der Waals surface area contributed by atoms with Crippen LogP contribution >= 0.6 is 0 Å². The zero-order valence-electron chi connectivity index (χ0n) is 33.9. The Balaban J connectivity index is 1.39. The molecule has 2 heteroatoms. The van der Waals surface area contributed by atoms with E-state index in [4.69, 9.17) is 0 Å². The van der Waals surface area contributed by atoms with Crippen LogP contribution in [-0.4, -0.2) is 4.57 Å². The van der Waals surface area contributed by atoms with Crippen molar-refractivity contribution < 1.29 is 0 Å². The molecule has 2 nitrogen and oxygen atoms in total. The fraction of sp³-hybridized carbons (Fsp3) is 0.259. The minimum Gasteiger partial charge on any atom is -0.309 e. The summed E-state index contributed by atoms with van der Waals surface area (Å²) in [5.74, 6) is 0.590. The first kappa shape index (κ1) is 36.1. The molecule has 1 aliphatic rings. The van der Waals surface area contributed by atoms with E-state index in [0.29, 0.717) is 5.92 Å². The van der Waals surface area contributed by atoms with Crippen molar-refractivity contribution in [2.45, 2.75) is 90.4 Å². The Morgan fingerprint density at radius 3 is 1.82 bits per heavy atom. The van der Waals surface area contributed by atoms with Crippen molar-refractivity contribution in [3.8, 4) is 16.8 Å². The van der Waals surface area contributed by atoms with Gasteiger partial charge < -0.3 is 9.47 Å². The Morgan fingerprint density at radius 2 is 1.09 bits per heavy atom. The van der Waals surface area contributed by atoms with E-state index in [1.165, 1.54) is 115 Å². The molecule has 0 saturated heterocycles. The normalized spacial score (nSPS) is 14.2. The second-order valence-corrected chi connectivity index (χ2v) is 18.1. The number of hydrogen-bond acceptors (Lipinski definition) is 1. The highest BCUT2D eigenvalue weighted by atomic mass is 15.2. The number of anilines is 3. The molecule has 7 aromatic carbocycles. The lowest BCUT2D eigenvalue weighted by molar-refractivity contribution is 0.445. The van der Waals surface area contributed by atoms with Gasteiger partial charge in [-0.15, -0.1) is 0 Å². The predicted octanol–water partition coefficient (Wildman–Crippen LogP) is 15.7. The van der Waals surface area contributed by atoms with Crippen LogP contribution in [0.2, 0.25) is 0 Å². The van der Waals surface area contributed by atoms with Crippen molar-refractivity contribution in [3.05, 3.63) is 168 Å². The van der Waals surface area contributed by atoms with Crippen molar-refractivity contribution in [1.82, 2.24) is 4.57 Å². The topological polar surface area (TPSA) is 8.17 Å². The zero-order chi connectivity index (χ0) is 38.6. The zero-order valence-corrected chi connectivity index (χ0v) is 33.9. The van der Waals surface area contributed by atoms with Crippen LogP contribution in [0.1, 0.15) is 96.3 Å². The van der Waals surface area contributed by atoms with Gasteiger partial charge in [0, 0.05) is 27.7 Å². The van der Waals surface area contributed by atoms with Gasteiger partial charge in [0.15, 0.2) is 0 Å². The van der Waals surface area contributed by atoms with Gasteiger partial charge in [-0.3, -0.25) is 0 Å². The Kier molecular flexibility index (Phi) is 9.12. The van der Waals surface area contributed by atoms with Crippen LogP contribution in [0.25, 0.3) is 49.4 Å². The lowest BCUT2D eigenvalue weighted by Crippen LogP contribution is -2.19. The maximum atomic E-state index is 2.59. The van der Waals surface area contributed by atoms with Crippen molar-refractivity contribution in [1.29, 1.82) is 0 Å². The van der Waals surface area contributed by atoms with Crippen LogP contribution in [0.3, 0.4) is 0 Å². The maximum Gasteiger partial charge on any atom is 0.0562 e. The number of fused-ring (bicyclic) bond motifs is 4. The van der Waals surface area contributed by atoms with Gasteiger partial charge in [0.2, 0.25) is 0 Å². The molecule has 0 unspecified atom stereocenters. The fourth-order valence-corrected chi connectivity index (χ4v) is 9.30. The summed E-state index contributed by atoms with van der Waals surface area (Å²) in [6, 6.07) is 57.1. The summed E-state index contributed by atoms with van der Waals surface area (Å²) in [5, 5.41) is 5.23. The molecule has 0 radical (unpaired) electrons. The van der Waals surface area contributed by atoms with Crippen LogP contribution < -0.4 is 4.90 Å². The molecular formula is C54H54N2. The molecule has 56 heavy (non-hydrogen) atoms. The van der Waals surface area contributed by atoms with E-state index >= 15 is 0 Å². The fourth-order valence-electron chi connectivity index (χ4n) is 9.30. The van der Waals surface area contributed by atoms with E-state index in [-0.39, 0.29) is 10.8 Å². The monoisotopic (exact) mass is 730 g/mol. The maximum absolute atomic E-state index is 2.59. The summed E-state index contributed by atoms with van der Waals surface area (Å²) in [6.07, 6.45) is 6.51. The molecule has 1 saturated carbocycles. The standard InChI is InChI=1S/C54H54N2/c1-53(2,3)39-34-40(54(4,5)6)36-42(35-39)56(50-33-19-32-49-52(50)46-27-14-16-31-48(46)55(49)41-24-11-8-12-25-41)47-30-15-13-26-44(47)45-29-18-23-38-22-17-28-43(51(38)45)37-20-9-7-10-21-37/h8,11-19,22-37H,7,9-10,20-21H2,1-6H3. The molecule has 0 spiro atoms. The summed E-state index contributed by atoms with van der Waals surface area (Å²) in [6.45, 7) is 14.0. The van der Waals surface area contributed by atoms with Gasteiger partial charge in [0.25, 0.3) is 0 Å². The predicted molar refractivity (Wildman–Crippen MR) is 242 cm³/mol. The third-order valence-electron chi connectivity index (χ3n) is 12.3. The molecule has 0 aliphatic heterocycles. The minimum atomic E-state index is -0.0406. The number of rotatable bonds is 6. The second kappa shape index (κ2) is 14.2. The Bertz CT molecular complexity index is 2660. The van der Waals surface area contributed by atoms with E-state index in [2.05, 4.69) is 203 Å². The summed E-state index contributed by atoms with van der Waals surface area (Å²) < 4.78 is 2.44. The van der Waals surface area contributed by atoms with E-state index < -0.39 is 0 Å². The van der Waals surface area contributed by atoms with Crippen LogP contribution in [0.5, 0.6) is 0 Å². The average Bonchev–Trinajstić information content (AvgIpc) is 3.56. The molecule has 8 aromatic rings. The number of aromatic nitrogens is 1. The quantitative estimate of drug-likeness (QED) is 0.165. The summed E-state index contributed by atoms with van der Waals surface area (Å²) >= 11 is 0. The molecule has 0 amide bonds. The molecule has 1 fully saturated rings. The molecule has 1 aromatic heterocycles. The average molecular weight is 731 g/mol. The molecule has 1 heterocycles. The van der Waals surface area contributed by atoms with Crippen molar-refractivity contribution in [2.75, 3.05) is 4.90 Å².